The Morgan fingerprint density at radius 1 is 1.21 bits per heavy atom. The molecule has 4 rings (SSSR count). The van der Waals surface area contributed by atoms with Crippen molar-refractivity contribution in [1.29, 1.82) is 5.26 Å². The van der Waals surface area contributed by atoms with E-state index < -0.39 is 23.9 Å². The van der Waals surface area contributed by atoms with E-state index in [1.54, 1.807) is 26.1 Å². The second-order valence-electron chi connectivity index (χ2n) is 7.98. The maximum Gasteiger partial charge on any atom is 0.419 e. The van der Waals surface area contributed by atoms with Gasteiger partial charge in [0.05, 0.1) is 16.8 Å². The zero-order chi connectivity index (χ0) is 24.5. The summed E-state index contributed by atoms with van der Waals surface area (Å²) < 4.78 is 53.4. The number of anilines is 1. The van der Waals surface area contributed by atoms with Crippen molar-refractivity contribution >= 4 is 16.7 Å². The number of pyridine rings is 2. The number of hydrogen-bond donors (Lipinski definition) is 0. The Hall–Kier alpha value is -3.58. The second kappa shape index (κ2) is 9.35. The molecule has 0 amide bonds. The van der Waals surface area contributed by atoms with Crippen LogP contribution in [0.3, 0.4) is 0 Å². The number of alkyl halides is 3. The van der Waals surface area contributed by atoms with Crippen molar-refractivity contribution < 1.29 is 22.6 Å². The monoisotopic (exact) mass is 472 g/mol. The summed E-state index contributed by atoms with van der Waals surface area (Å²) in [6, 6.07) is 11.8. The molecule has 7 nitrogen and oxygen atoms in total. The van der Waals surface area contributed by atoms with E-state index in [0.29, 0.717) is 36.3 Å². The third-order valence-electron chi connectivity index (χ3n) is 5.87. The summed E-state index contributed by atoms with van der Waals surface area (Å²) in [5.41, 5.74) is 0.771. The molecule has 3 aromatic rings. The summed E-state index contributed by atoms with van der Waals surface area (Å²) >= 11 is 0. The van der Waals surface area contributed by atoms with Gasteiger partial charge in [-0.1, -0.05) is 12.1 Å². The highest BCUT2D eigenvalue weighted by atomic mass is 19.4. The molecule has 1 aliphatic rings. The lowest BCUT2D eigenvalue weighted by molar-refractivity contribution is -0.140. The number of hydrogen-bond acceptors (Lipinski definition) is 6. The van der Waals surface area contributed by atoms with E-state index in [2.05, 4.69) is 4.98 Å². The number of para-hydroxylation sites is 1. The first-order valence-corrected chi connectivity index (χ1v) is 10.8. The number of nitrogens with zero attached hydrogens (tertiary/aromatic N) is 4. The van der Waals surface area contributed by atoms with Crippen LogP contribution in [0, 0.1) is 11.3 Å². The number of halogens is 3. The van der Waals surface area contributed by atoms with Crippen molar-refractivity contribution in [3.05, 3.63) is 64.1 Å². The van der Waals surface area contributed by atoms with Crippen LogP contribution >= 0.6 is 0 Å². The summed E-state index contributed by atoms with van der Waals surface area (Å²) in [4.78, 5) is 18.9. The summed E-state index contributed by atoms with van der Waals surface area (Å²) in [7, 11) is 1.63. The van der Waals surface area contributed by atoms with Gasteiger partial charge in [-0.15, -0.1) is 0 Å². The third kappa shape index (κ3) is 4.56. The number of benzene rings is 1. The Bertz CT molecular complexity index is 1300. The Morgan fingerprint density at radius 3 is 2.68 bits per heavy atom. The summed E-state index contributed by atoms with van der Waals surface area (Å²) in [5, 5.41) is 9.28. The largest absolute Gasteiger partial charge is 0.487 e. The molecular weight excluding hydrogens is 449 g/mol. The average Bonchev–Trinajstić information content (AvgIpc) is 2.82. The van der Waals surface area contributed by atoms with Crippen molar-refractivity contribution in [3.63, 3.8) is 0 Å². The maximum absolute atomic E-state index is 13.4. The van der Waals surface area contributed by atoms with Gasteiger partial charge in [0.2, 0.25) is 0 Å². The fourth-order valence-corrected chi connectivity index (χ4v) is 4.20. The maximum atomic E-state index is 13.4. The van der Waals surface area contributed by atoms with E-state index in [-0.39, 0.29) is 23.5 Å². The molecule has 0 spiro atoms. The minimum absolute atomic E-state index is 0.218. The first kappa shape index (κ1) is 23.6. The van der Waals surface area contributed by atoms with Gasteiger partial charge in [0.25, 0.3) is 5.56 Å². The van der Waals surface area contributed by atoms with Crippen LogP contribution in [-0.4, -0.2) is 41.5 Å². The highest BCUT2D eigenvalue weighted by Crippen LogP contribution is 2.37. The Labute approximate surface area is 194 Å². The molecule has 0 aliphatic carbocycles. The minimum Gasteiger partial charge on any atom is -0.487 e. The van der Waals surface area contributed by atoms with Crippen LogP contribution < -0.4 is 15.2 Å². The summed E-state index contributed by atoms with van der Waals surface area (Å²) in [5.74, 6) is -0.238. The molecule has 34 heavy (non-hydrogen) atoms. The van der Waals surface area contributed by atoms with Crippen LogP contribution in [-0.2, 0) is 18.0 Å². The lowest BCUT2D eigenvalue weighted by Gasteiger charge is -2.39. The number of aryl methyl sites for hydroxylation is 1. The lowest BCUT2D eigenvalue weighted by atomic mass is 10.0. The molecule has 10 heteroatoms. The van der Waals surface area contributed by atoms with Crippen LogP contribution in [0.5, 0.6) is 5.75 Å². The van der Waals surface area contributed by atoms with Crippen molar-refractivity contribution in [2.24, 2.45) is 7.05 Å². The van der Waals surface area contributed by atoms with Gasteiger partial charge in [0.15, 0.2) is 0 Å². The highest BCUT2D eigenvalue weighted by Gasteiger charge is 2.37. The quantitative estimate of drug-likeness (QED) is 0.561. The molecule has 1 aliphatic heterocycles. The van der Waals surface area contributed by atoms with Crippen molar-refractivity contribution in [2.45, 2.75) is 31.7 Å². The average molecular weight is 472 g/mol. The van der Waals surface area contributed by atoms with E-state index in [1.807, 2.05) is 11.0 Å². The predicted molar refractivity (Wildman–Crippen MR) is 120 cm³/mol. The minimum atomic E-state index is -4.54. The van der Waals surface area contributed by atoms with Crippen LogP contribution in [0.25, 0.3) is 11.0 Å². The smallest absolute Gasteiger partial charge is 0.419 e. The summed E-state index contributed by atoms with van der Waals surface area (Å²) in [6.07, 6.45) is -5.32. The predicted octanol–water partition coefficient (Wildman–Crippen LogP) is 3.89. The van der Waals surface area contributed by atoms with Gasteiger partial charge < -0.3 is 18.9 Å². The molecule has 0 unspecified atom stereocenters. The number of rotatable bonds is 5. The lowest BCUT2D eigenvalue weighted by Crippen LogP contribution is -2.51. The van der Waals surface area contributed by atoms with Gasteiger partial charge in [0.1, 0.15) is 35.2 Å². The van der Waals surface area contributed by atoms with Crippen LogP contribution in [0.1, 0.15) is 24.6 Å². The van der Waals surface area contributed by atoms with Gasteiger partial charge in [0, 0.05) is 39.2 Å². The third-order valence-corrected chi connectivity index (χ3v) is 5.87. The van der Waals surface area contributed by atoms with Gasteiger partial charge in [-0.3, -0.25) is 4.79 Å². The van der Waals surface area contributed by atoms with Gasteiger partial charge in [-0.2, -0.15) is 18.4 Å². The van der Waals surface area contributed by atoms with E-state index in [9.17, 15) is 23.2 Å². The molecule has 0 bridgehead atoms. The van der Waals surface area contributed by atoms with Crippen LogP contribution in [0.2, 0.25) is 0 Å². The molecule has 0 N–H and O–H groups in total. The molecule has 0 saturated carbocycles. The van der Waals surface area contributed by atoms with Gasteiger partial charge >= 0.3 is 6.18 Å². The molecule has 2 aromatic heterocycles. The number of nitriles is 1. The Balaban J connectivity index is 1.66. The molecule has 2 atom stereocenters. The zero-order valence-corrected chi connectivity index (χ0v) is 18.7. The van der Waals surface area contributed by atoms with E-state index in [1.165, 1.54) is 28.8 Å². The van der Waals surface area contributed by atoms with Gasteiger partial charge in [-0.05, 0) is 31.2 Å². The molecule has 3 heterocycles. The van der Waals surface area contributed by atoms with E-state index >= 15 is 0 Å². The van der Waals surface area contributed by atoms with Crippen LogP contribution in [0.4, 0.5) is 18.9 Å². The van der Waals surface area contributed by atoms with Crippen molar-refractivity contribution in [1.82, 2.24) is 9.55 Å². The Morgan fingerprint density at radius 2 is 1.97 bits per heavy atom. The van der Waals surface area contributed by atoms with Crippen molar-refractivity contribution in [2.75, 3.05) is 24.6 Å². The molecule has 1 saturated heterocycles. The van der Waals surface area contributed by atoms with Crippen LogP contribution in [0.15, 0.2) is 47.3 Å². The molecular formula is C24H23F3N4O3. The number of piperidine rings is 1. The second-order valence-corrected chi connectivity index (χ2v) is 7.98. The highest BCUT2D eigenvalue weighted by molar-refractivity contribution is 5.88. The zero-order valence-electron chi connectivity index (χ0n) is 18.7. The Kier molecular flexibility index (Phi) is 6.48. The molecule has 1 aromatic carbocycles. The first-order chi connectivity index (χ1) is 16.2. The van der Waals surface area contributed by atoms with E-state index in [4.69, 9.17) is 9.47 Å². The number of aromatic nitrogens is 2. The standard InChI is InChI=1S/C24H23F3N4O3/c1-3-33-21-14-31(11-10-20(21)34-19-7-5-4-6-16(19)24(25,26)27)18-12-22(32)30(2)17-9-8-15(13-28)29-23(17)18/h4-9,12,20-21H,3,10-11,14H2,1-2H3/t20-,21-/m0/s1. The SMILES string of the molecule is CCO[C@H]1CN(c2cc(=O)n(C)c3ccc(C#N)nc23)CC[C@@H]1Oc1ccccc1C(F)(F)F. The van der Waals surface area contributed by atoms with Gasteiger partial charge in [-0.25, -0.2) is 4.98 Å². The fraction of sp³-hybridized carbons (Fsp3) is 0.375. The number of ether oxygens (including phenoxy) is 2. The normalized spacial score (nSPS) is 18.6. The van der Waals surface area contributed by atoms with Crippen molar-refractivity contribution in [3.8, 4) is 11.8 Å². The van der Waals surface area contributed by atoms with E-state index in [0.717, 1.165) is 6.07 Å². The molecule has 178 valence electrons. The first-order valence-electron chi connectivity index (χ1n) is 10.8. The topological polar surface area (TPSA) is 80.4 Å². The fourth-order valence-electron chi connectivity index (χ4n) is 4.20. The number of fused-ring (bicyclic) bond motifs is 1. The molecule has 1 fully saturated rings. The molecule has 0 radical (unpaired) electrons. The summed E-state index contributed by atoms with van der Waals surface area (Å²) in [6.45, 7) is 2.83.